The van der Waals surface area contributed by atoms with Crippen molar-refractivity contribution in [3.63, 3.8) is 0 Å². The molecule has 0 saturated carbocycles. The molecule has 1 amide bonds. The lowest BCUT2D eigenvalue weighted by Gasteiger charge is -2.12. The second kappa shape index (κ2) is 9.84. The number of para-hydroxylation sites is 1. The molecule has 0 bridgehead atoms. The minimum Gasteiger partial charge on any atom is -0.497 e. The first-order valence-electron chi connectivity index (χ1n) is 8.93. The smallest absolute Gasteiger partial charge is 0.357 e. The van der Waals surface area contributed by atoms with Crippen molar-refractivity contribution in [3.05, 3.63) is 60.4 Å². The first-order chi connectivity index (χ1) is 14.5. The summed E-state index contributed by atoms with van der Waals surface area (Å²) in [6.45, 7) is -0.451. The Kier molecular flexibility index (Phi) is 6.97. The molecule has 3 rings (SSSR count). The van der Waals surface area contributed by atoms with E-state index >= 15 is 0 Å². The van der Waals surface area contributed by atoms with E-state index in [0.29, 0.717) is 22.3 Å². The van der Waals surface area contributed by atoms with Gasteiger partial charge in [-0.25, -0.2) is 9.78 Å². The predicted molar refractivity (Wildman–Crippen MR) is 114 cm³/mol. The van der Waals surface area contributed by atoms with E-state index in [0.717, 1.165) is 5.69 Å². The number of thioether (sulfide) groups is 1. The molecule has 0 spiro atoms. The fourth-order valence-corrected chi connectivity index (χ4v) is 3.28. The van der Waals surface area contributed by atoms with Crippen LogP contribution in [0.1, 0.15) is 10.5 Å². The van der Waals surface area contributed by atoms with Crippen LogP contribution in [0.15, 0.2) is 59.9 Å². The molecule has 30 heavy (non-hydrogen) atoms. The number of carbonyl (C=O) groups is 2. The van der Waals surface area contributed by atoms with Crippen molar-refractivity contribution in [2.24, 2.45) is 0 Å². The zero-order valence-electron chi connectivity index (χ0n) is 16.7. The van der Waals surface area contributed by atoms with Gasteiger partial charge in [-0.1, -0.05) is 30.0 Å². The van der Waals surface area contributed by atoms with Crippen molar-refractivity contribution in [2.45, 2.75) is 5.16 Å². The number of ether oxygens (including phenoxy) is 3. The van der Waals surface area contributed by atoms with Crippen LogP contribution in [0.5, 0.6) is 11.5 Å². The van der Waals surface area contributed by atoms with Gasteiger partial charge in [0.15, 0.2) is 17.5 Å². The highest BCUT2D eigenvalue weighted by molar-refractivity contribution is 7.98. The Labute approximate surface area is 178 Å². The molecule has 0 saturated heterocycles. The number of methoxy groups -OCH3 is 2. The summed E-state index contributed by atoms with van der Waals surface area (Å²) >= 11 is 1.40. The molecule has 0 aliphatic rings. The lowest BCUT2D eigenvalue weighted by atomic mass is 10.2. The molecule has 1 heterocycles. The Morgan fingerprint density at radius 1 is 1.07 bits per heavy atom. The van der Waals surface area contributed by atoms with Crippen LogP contribution in [-0.4, -0.2) is 48.5 Å². The van der Waals surface area contributed by atoms with Gasteiger partial charge in [-0.2, -0.15) is 0 Å². The van der Waals surface area contributed by atoms with Crippen molar-refractivity contribution >= 4 is 29.3 Å². The molecular formula is C21H21N3O5S. The third-order valence-electron chi connectivity index (χ3n) is 4.11. The number of esters is 1. The second-order valence-corrected chi connectivity index (χ2v) is 6.80. The average molecular weight is 427 g/mol. The Bertz CT molecular complexity index is 1010. The number of aromatic nitrogens is 2. The van der Waals surface area contributed by atoms with Crippen LogP contribution in [0.25, 0.3) is 5.69 Å². The van der Waals surface area contributed by atoms with Crippen molar-refractivity contribution in [2.75, 3.05) is 32.4 Å². The van der Waals surface area contributed by atoms with Crippen LogP contribution in [0.2, 0.25) is 0 Å². The molecule has 0 aliphatic heterocycles. The lowest BCUT2D eigenvalue weighted by Crippen LogP contribution is -2.22. The van der Waals surface area contributed by atoms with Gasteiger partial charge in [-0.15, -0.1) is 0 Å². The Balaban J connectivity index is 1.69. The summed E-state index contributed by atoms with van der Waals surface area (Å²) in [6, 6.07) is 14.3. The standard InChI is InChI=1S/C21H21N3O5S/c1-27-16-9-14(10-17(11-16)28-2)23-19(25)13-29-20(26)18-12-22-21(30-3)24(18)15-7-5-4-6-8-15/h4-12H,13H2,1-3H3,(H,23,25). The highest BCUT2D eigenvalue weighted by atomic mass is 32.2. The molecule has 3 aromatic rings. The monoisotopic (exact) mass is 427 g/mol. The van der Waals surface area contributed by atoms with Crippen LogP contribution in [-0.2, 0) is 9.53 Å². The third-order valence-corrected chi connectivity index (χ3v) is 4.76. The van der Waals surface area contributed by atoms with Crippen LogP contribution < -0.4 is 14.8 Å². The summed E-state index contributed by atoms with van der Waals surface area (Å²) in [5, 5.41) is 3.30. The molecule has 0 atom stereocenters. The maximum atomic E-state index is 12.6. The minimum atomic E-state index is -0.648. The number of hydrogen-bond donors (Lipinski definition) is 1. The van der Waals surface area contributed by atoms with Gasteiger partial charge in [0.05, 0.1) is 20.4 Å². The number of carbonyl (C=O) groups excluding carboxylic acids is 2. The number of imidazole rings is 1. The van der Waals surface area contributed by atoms with Gasteiger partial charge in [-0.05, 0) is 18.4 Å². The molecule has 8 nitrogen and oxygen atoms in total. The minimum absolute atomic E-state index is 0.237. The fourth-order valence-electron chi connectivity index (χ4n) is 2.73. The maximum absolute atomic E-state index is 12.6. The first kappa shape index (κ1) is 21.3. The summed E-state index contributed by atoms with van der Waals surface area (Å²) in [5.41, 5.74) is 1.48. The van der Waals surface area contributed by atoms with E-state index in [1.54, 1.807) is 22.8 Å². The number of amides is 1. The topological polar surface area (TPSA) is 91.7 Å². The lowest BCUT2D eigenvalue weighted by molar-refractivity contribution is -0.119. The van der Waals surface area contributed by atoms with Gasteiger partial charge < -0.3 is 19.5 Å². The summed E-state index contributed by atoms with van der Waals surface area (Å²) in [6.07, 6.45) is 3.30. The normalized spacial score (nSPS) is 10.4. The van der Waals surface area contributed by atoms with Crippen molar-refractivity contribution < 1.29 is 23.8 Å². The molecule has 0 radical (unpaired) electrons. The quantitative estimate of drug-likeness (QED) is 0.435. The fraction of sp³-hybridized carbons (Fsp3) is 0.190. The third kappa shape index (κ3) is 4.93. The van der Waals surface area contributed by atoms with Gasteiger partial charge in [-0.3, -0.25) is 9.36 Å². The van der Waals surface area contributed by atoms with Gasteiger partial charge >= 0.3 is 5.97 Å². The first-order valence-corrected chi connectivity index (χ1v) is 10.2. The summed E-state index contributed by atoms with van der Waals surface area (Å²) in [7, 11) is 3.03. The Morgan fingerprint density at radius 3 is 2.33 bits per heavy atom. The molecule has 0 aliphatic carbocycles. The molecule has 156 valence electrons. The van der Waals surface area contributed by atoms with Gasteiger partial charge in [0, 0.05) is 29.6 Å². The second-order valence-electron chi connectivity index (χ2n) is 6.03. The highest BCUT2D eigenvalue weighted by Gasteiger charge is 2.20. The highest BCUT2D eigenvalue weighted by Crippen LogP contribution is 2.26. The average Bonchev–Trinajstić information content (AvgIpc) is 3.22. The molecule has 1 aromatic heterocycles. The van der Waals surface area contributed by atoms with Crippen molar-refractivity contribution in [1.82, 2.24) is 9.55 Å². The number of nitrogens with zero attached hydrogens (tertiary/aromatic N) is 2. The van der Waals surface area contributed by atoms with Crippen LogP contribution in [0.4, 0.5) is 5.69 Å². The van der Waals surface area contributed by atoms with Gasteiger partial charge in [0.2, 0.25) is 0 Å². The zero-order chi connectivity index (χ0) is 21.5. The molecule has 0 unspecified atom stereocenters. The molecule has 9 heteroatoms. The van der Waals surface area contributed by atoms with E-state index in [1.165, 1.54) is 32.2 Å². The van der Waals surface area contributed by atoms with E-state index < -0.39 is 18.5 Å². The number of nitrogens with one attached hydrogen (secondary N) is 1. The molecule has 2 aromatic carbocycles. The number of anilines is 1. The van der Waals surface area contributed by atoms with Crippen molar-refractivity contribution in [3.8, 4) is 17.2 Å². The number of hydrogen-bond acceptors (Lipinski definition) is 7. The van der Waals surface area contributed by atoms with Crippen molar-refractivity contribution in [1.29, 1.82) is 0 Å². The van der Waals surface area contributed by atoms with E-state index in [4.69, 9.17) is 14.2 Å². The van der Waals surface area contributed by atoms with E-state index in [9.17, 15) is 9.59 Å². The summed E-state index contributed by atoms with van der Waals surface area (Å²) < 4.78 is 17.3. The van der Waals surface area contributed by atoms with Crippen LogP contribution in [0, 0.1) is 0 Å². The van der Waals surface area contributed by atoms with Crippen LogP contribution >= 0.6 is 11.8 Å². The largest absolute Gasteiger partial charge is 0.497 e. The van der Waals surface area contributed by atoms with Gasteiger partial charge in [0.25, 0.3) is 5.91 Å². The van der Waals surface area contributed by atoms with E-state index in [-0.39, 0.29) is 5.69 Å². The Hall–Kier alpha value is -3.46. The van der Waals surface area contributed by atoms with E-state index in [2.05, 4.69) is 10.3 Å². The van der Waals surface area contributed by atoms with Gasteiger partial charge in [0.1, 0.15) is 11.5 Å². The number of benzene rings is 2. The SMILES string of the molecule is COc1cc(NC(=O)COC(=O)c2cnc(SC)n2-c2ccccc2)cc(OC)c1. The Morgan fingerprint density at radius 2 is 1.73 bits per heavy atom. The number of rotatable bonds is 8. The molecule has 0 fully saturated rings. The van der Waals surface area contributed by atoms with E-state index in [1.807, 2.05) is 36.6 Å². The molecular weight excluding hydrogens is 406 g/mol. The molecule has 1 N–H and O–H groups in total. The van der Waals surface area contributed by atoms with Crippen LogP contribution in [0.3, 0.4) is 0 Å². The summed E-state index contributed by atoms with van der Waals surface area (Å²) in [4.78, 5) is 29.1. The summed E-state index contributed by atoms with van der Waals surface area (Å²) in [5.74, 6) is -0.0875. The maximum Gasteiger partial charge on any atom is 0.357 e. The zero-order valence-corrected chi connectivity index (χ0v) is 17.6. The predicted octanol–water partition coefficient (Wildman–Crippen LogP) is 3.41.